The summed E-state index contributed by atoms with van der Waals surface area (Å²) in [5, 5.41) is 0.821. The highest BCUT2D eigenvalue weighted by molar-refractivity contribution is 7.98. The number of morpholine rings is 1. The van der Waals surface area contributed by atoms with Crippen LogP contribution in [0.4, 0.5) is 0 Å². The van der Waals surface area contributed by atoms with Gasteiger partial charge in [-0.3, -0.25) is 9.69 Å². The van der Waals surface area contributed by atoms with E-state index in [-0.39, 0.29) is 0 Å². The lowest BCUT2D eigenvalue weighted by molar-refractivity contribution is -0.135. The highest BCUT2D eigenvalue weighted by Crippen LogP contribution is 2.23. The standard InChI is InChI=1S/C18H28N4O2S/c1-25-18-19-11-16(12-20-18)14-21-6-2-3-15(13-21)4-5-17(23)22-7-9-24-10-8-22/h11-12,15H,2-10,13-14H2,1H3/t15-/m1/s1. The lowest BCUT2D eigenvalue weighted by Gasteiger charge is -2.33. The van der Waals surface area contributed by atoms with Crippen molar-refractivity contribution >= 4 is 17.7 Å². The van der Waals surface area contributed by atoms with Gasteiger partial charge >= 0.3 is 0 Å². The maximum absolute atomic E-state index is 12.3. The predicted octanol–water partition coefficient (Wildman–Crippen LogP) is 2.05. The van der Waals surface area contributed by atoms with Crippen molar-refractivity contribution in [1.29, 1.82) is 0 Å². The van der Waals surface area contributed by atoms with Crippen molar-refractivity contribution in [3.63, 3.8) is 0 Å². The van der Waals surface area contributed by atoms with Crippen molar-refractivity contribution < 1.29 is 9.53 Å². The molecule has 25 heavy (non-hydrogen) atoms. The van der Waals surface area contributed by atoms with E-state index in [0.29, 0.717) is 31.5 Å². The third kappa shape index (κ3) is 5.66. The average Bonchev–Trinajstić information content (AvgIpc) is 2.68. The molecule has 1 atom stereocenters. The third-order valence-electron chi connectivity index (χ3n) is 5.00. The second kappa shape index (κ2) is 9.50. The molecule has 3 rings (SSSR count). The van der Waals surface area contributed by atoms with Gasteiger partial charge in [0.25, 0.3) is 0 Å². The van der Waals surface area contributed by atoms with Crippen LogP contribution in [-0.2, 0) is 16.1 Å². The monoisotopic (exact) mass is 364 g/mol. The number of hydrogen-bond donors (Lipinski definition) is 0. The Kier molecular flexibility index (Phi) is 7.07. The van der Waals surface area contributed by atoms with Crippen LogP contribution in [-0.4, -0.2) is 71.3 Å². The minimum Gasteiger partial charge on any atom is -0.378 e. The summed E-state index contributed by atoms with van der Waals surface area (Å²) in [6, 6.07) is 0. The molecule has 138 valence electrons. The fraction of sp³-hybridized carbons (Fsp3) is 0.722. The Morgan fingerprint density at radius 3 is 2.76 bits per heavy atom. The number of hydrogen-bond acceptors (Lipinski definition) is 6. The summed E-state index contributed by atoms with van der Waals surface area (Å²) in [4.78, 5) is 25.5. The van der Waals surface area contributed by atoms with Gasteiger partial charge in [0.2, 0.25) is 5.91 Å². The van der Waals surface area contributed by atoms with E-state index in [1.165, 1.54) is 18.4 Å². The normalized spacial score (nSPS) is 22.1. The average molecular weight is 365 g/mol. The maximum Gasteiger partial charge on any atom is 0.222 e. The lowest BCUT2D eigenvalue weighted by atomic mass is 9.93. The zero-order valence-corrected chi connectivity index (χ0v) is 15.8. The van der Waals surface area contributed by atoms with Crippen LogP contribution in [0, 0.1) is 5.92 Å². The van der Waals surface area contributed by atoms with Crippen molar-refractivity contribution in [2.24, 2.45) is 5.92 Å². The summed E-state index contributed by atoms with van der Waals surface area (Å²) < 4.78 is 5.32. The minimum absolute atomic E-state index is 0.293. The summed E-state index contributed by atoms with van der Waals surface area (Å²) in [6.07, 6.45) is 9.96. The van der Waals surface area contributed by atoms with Crippen molar-refractivity contribution in [3.05, 3.63) is 18.0 Å². The molecule has 2 saturated heterocycles. The van der Waals surface area contributed by atoms with Gasteiger partial charge < -0.3 is 9.64 Å². The van der Waals surface area contributed by atoms with Gasteiger partial charge in [0, 0.05) is 50.6 Å². The first-order chi connectivity index (χ1) is 12.2. The molecule has 0 saturated carbocycles. The first-order valence-corrected chi connectivity index (χ1v) is 10.4. The first-order valence-electron chi connectivity index (χ1n) is 9.17. The Hall–Kier alpha value is -1.18. The van der Waals surface area contributed by atoms with Gasteiger partial charge in [0.15, 0.2) is 5.16 Å². The molecule has 0 aromatic carbocycles. The number of thioether (sulfide) groups is 1. The van der Waals surface area contributed by atoms with E-state index < -0.39 is 0 Å². The van der Waals surface area contributed by atoms with Crippen molar-refractivity contribution in [1.82, 2.24) is 19.8 Å². The minimum atomic E-state index is 0.293. The Balaban J connectivity index is 1.43. The molecule has 2 aliphatic rings. The highest BCUT2D eigenvalue weighted by Gasteiger charge is 2.23. The second-order valence-corrected chi connectivity index (χ2v) is 7.63. The zero-order chi connectivity index (χ0) is 17.5. The summed E-state index contributed by atoms with van der Waals surface area (Å²) in [5.41, 5.74) is 1.17. The Morgan fingerprint density at radius 2 is 2.04 bits per heavy atom. The third-order valence-corrected chi connectivity index (χ3v) is 5.58. The molecule has 0 radical (unpaired) electrons. The van der Waals surface area contributed by atoms with Crippen molar-refractivity contribution in [2.75, 3.05) is 45.6 Å². The Morgan fingerprint density at radius 1 is 1.28 bits per heavy atom. The SMILES string of the molecule is CSc1ncc(CN2CCC[C@H](CCC(=O)N3CCOCC3)C2)cn1. The number of ether oxygens (including phenoxy) is 1. The van der Waals surface area contributed by atoms with Crippen LogP contribution >= 0.6 is 11.8 Å². The number of aromatic nitrogens is 2. The quantitative estimate of drug-likeness (QED) is 0.569. The number of likely N-dealkylation sites (tertiary alicyclic amines) is 1. The van der Waals surface area contributed by atoms with Gasteiger partial charge in [0.05, 0.1) is 13.2 Å². The van der Waals surface area contributed by atoms with Crippen molar-refractivity contribution in [2.45, 2.75) is 37.4 Å². The number of nitrogens with zero attached hydrogens (tertiary/aromatic N) is 4. The van der Waals surface area contributed by atoms with Crippen molar-refractivity contribution in [3.8, 4) is 0 Å². The first kappa shape index (κ1) is 18.6. The number of carbonyl (C=O) groups excluding carboxylic acids is 1. The topological polar surface area (TPSA) is 58.6 Å². The van der Waals surface area contributed by atoms with Gasteiger partial charge in [-0.2, -0.15) is 0 Å². The van der Waals surface area contributed by atoms with E-state index in [0.717, 1.165) is 44.3 Å². The van der Waals surface area contributed by atoms with E-state index >= 15 is 0 Å². The molecule has 2 aliphatic heterocycles. The molecule has 3 heterocycles. The molecule has 1 amide bonds. The van der Waals surface area contributed by atoms with Crippen LogP contribution in [0.3, 0.4) is 0 Å². The van der Waals surface area contributed by atoms with Gasteiger partial charge in [-0.25, -0.2) is 9.97 Å². The smallest absolute Gasteiger partial charge is 0.222 e. The van der Waals surface area contributed by atoms with Gasteiger partial charge in [0.1, 0.15) is 0 Å². The molecular formula is C18H28N4O2S. The molecule has 0 spiro atoms. The van der Waals surface area contributed by atoms with E-state index in [2.05, 4.69) is 14.9 Å². The molecule has 1 aromatic heterocycles. The van der Waals surface area contributed by atoms with Gasteiger partial charge in [-0.1, -0.05) is 11.8 Å². The van der Waals surface area contributed by atoms with Crippen LogP contribution in [0.25, 0.3) is 0 Å². The van der Waals surface area contributed by atoms with Gasteiger partial charge in [-0.05, 0) is 38.0 Å². The highest BCUT2D eigenvalue weighted by atomic mass is 32.2. The molecule has 1 aromatic rings. The zero-order valence-electron chi connectivity index (χ0n) is 15.0. The summed E-state index contributed by atoms with van der Waals surface area (Å²) >= 11 is 1.57. The summed E-state index contributed by atoms with van der Waals surface area (Å²) in [6.45, 7) is 5.96. The number of rotatable bonds is 6. The molecule has 0 bridgehead atoms. The number of carbonyl (C=O) groups is 1. The van der Waals surface area contributed by atoms with Gasteiger partial charge in [-0.15, -0.1) is 0 Å². The van der Waals surface area contributed by atoms with Crippen LogP contribution in [0.1, 0.15) is 31.2 Å². The number of piperidine rings is 1. The molecule has 7 heteroatoms. The predicted molar refractivity (Wildman–Crippen MR) is 98.4 cm³/mol. The molecular weight excluding hydrogens is 336 g/mol. The maximum atomic E-state index is 12.3. The largest absolute Gasteiger partial charge is 0.378 e. The van der Waals surface area contributed by atoms with E-state index in [1.807, 2.05) is 23.5 Å². The Bertz CT molecular complexity index is 549. The van der Waals surface area contributed by atoms with Crippen LogP contribution in [0.2, 0.25) is 0 Å². The summed E-state index contributed by atoms with van der Waals surface area (Å²) in [7, 11) is 0. The van der Waals surface area contributed by atoms with E-state index in [1.54, 1.807) is 11.8 Å². The lowest BCUT2D eigenvalue weighted by Crippen LogP contribution is -2.41. The number of amides is 1. The molecule has 0 N–H and O–H groups in total. The Labute approximate surface area is 154 Å². The van der Waals surface area contributed by atoms with Crippen LogP contribution in [0.15, 0.2) is 17.6 Å². The second-order valence-electron chi connectivity index (χ2n) is 6.85. The van der Waals surface area contributed by atoms with E-state index in [4.69, 9.17) is 4.74 Å². The van der Waals surface area contributed by atoms with Crippen LogP contribution in [0.5, 0.6) is 0 Å². The fourth-order valence-corrected chi connectivity index (χ4v) is 3.93. The van der Waals surface area contributed by atoms with Crippen LogP contribution < -0.4 is 0 Å². The summed E-state index contributed by atoms with van der Waals surface area (Å²) in [5.74, 6) is 0.909. The van der Waals surface area contributed by atoms with E-state index in [9.17, 15) is 4.79 Å². The molecule has 0 aliphatic carbocycles. The molecule has 6 nitrogen and oxygen atoms in total. The molecule has 0 unspecified atom stereocenters. The molecule has 2 fully saturated rings. The fourth-order valence-electron chi connectivity index (χ4n) is 3.62.